The molecule has 1 heteroatoms. The van der Waals surface area contributed by atoms with Gasteiger partial charge in [-0.25, -0.2) is 0 Å². The second kappa shape index (κ2) is 6.23. The third kappa shape index (κ3) is 4.76. The van der Waals surface area contributed by atoms with Gasteiger partial charge in [0.25, 0.3) is 0 Å². The normalized spacial score (nSPS) is 28.6. The number of epoxide rings is 1. The van der Waals surface area contributed by atoms with Crippen LogP contribution in [0.25, 0.3) is 0 Å². The van der Waals surface area contributed by atoms with Gasteiger partial charge in [-0.3, -0.25) is 0 Å². The fourth-order valence-corrected chi connectivity index (χ4v) is 2.69. The Morgan fingerprint density at radius 2 is 2.00 bits per heavy atom. The van der Waals surface area contributed by atoms with Crippen molar-refractivity contribution in [2.45, 2.75) is 91.8 Å². The van der Waals surface area contributed by atoms with Gasteiger partial charge in [0.05, 0.1) is 11.7 Å². The lowest BCUT2D eigenvalue weighted by molar-refractivity contribution is 0.294. The molecule has 2 atom stereocenters. The Morgan fingerprint density at radius 1 is 1.33 bits per heavy atom. The molecule has 0 amide bonds. The second-order valence-corrected chi connectivity index (χ2v) is 6.99. The van der Waals surface area contributed by atoms with Crippen molar-refractivity contribution in [3.63, 3.8) is 0 Å². The largest absolute Gasteiger partial charge is 0.366 e. The minimum Gasteiger partial charge on any atom is -0.366 e. The summed E-state index contributed by atoms with van der Waals surface area (Å²) in [7, 11) is 0. The van der Waals surface area contributed by atoms with Gasteiger partial charge in [-0.15, -0.1) is 0 Å². The maximum absolute atomic E-state index is 5.82. The summed E-state index contributed by atoms with van der Waals surface area (Å²) in [4.78, 5) is 0. The van der Waals surface area contributed by atoms with Crippen LogP contribution in [0.15, 0.2) is 11.6 Å². The average Bonchev–Trinajstić information content (AvgIpc) is 2.89. The van der Waals surface area contributed by atoms with Crippen molar-refractivity contribution in [2.75, 3.05) is 0 Å². The van der Waals surface area contributed by atoms with Crippen LogP contribution in [-0.2, 0) is 4.74 Å². The van der Waals surface area contributed by atoms with Crippen molar-refractivity contribution in [2.24, 2.45) is 5.41 Å². The van der Waals surface area contributed by atoms with Gasteiger partial charge in [0, 0.05) is 0 Å². The quantitative estimate of drug-likeness (QED) is 0.410. The van der Waals surface area contributed by atoms with Gasteiger partial charge < -0.3 is 4.74 Å². The molecule has 1 saturated heterocycles. The summed E-state index contributed by atoms with van der Waals surface area (Å²) in [6.45, 7) is 13.8. The summed E-state index contributed by atoms with van der Waals surface area (Å²) in [6.07, 6.45) is 10.2. The first kappa shape index (κ1) is 15.8. The Labute approximate surface area is 114 Å². The third-order valence-corrected chi connectivity index (χ3v) is 4.43. The molecular formula is C17H32O. The zero-order chi connectivity index (χ0) is 13.8. The second-order valence-electron chi connectivity index (χ2n) is 6.99. The van der Waals surface area contributed by atoms with Crippen molar-refractivity contribution >= 4 is 0 Å². The van der Waals surface area contributed by atoms with Crippen molar-refractivity contribution in [3.8, 4) is 0 Å². The van der Waals surface area contributed by atoms with Crippen LogP contribution in [0.4, 0.5) is 0 Å². The van der Waals surface area contributed by atoms with Crippen molar-refractivity contribution < 1.29 is 4.74 Å². The number of ether oxygens (including phenoxy) is 1. The van der Waals surface area contributed by atoms with E-state index in [9.17, 15) is 0 Å². The maximum atomic E-state index is 5.82. The molecule has 0 spiro atoms. The van der Waals surface area contributed by atoms with Gasteiger partial charge in [-0.1, -0.05) is 52.2 Å². The number of hydrogen-bond acceptors (Lipinski definition) is 1. The Balaban J connectivity index is 2.29. The predicted molar refractivity (Wildman–Crippen MR) is 79.9 cm³/mol. The third-order valence-electron chi connectivity index (χ3n) is 4.43. The van der Waals surface area contributed by atoms with Gasteiger partial charge in [-0.2, -0.15) is 0 Å². The fourth-order valence-electron chi connectivity index (χ4n) is 2.69. The molecule has 1 fully saturated rings. The molecule has 1 heterocycles. The van der Waals surface area contributed by atoms with Crippen LogP contribution >= 0.6 is 0 Å². The summed E-state index contributed by atoms with van der Waals surface area (Å²) in [5.41, 5.74) is 2.18. The van der Waals surface area contributed by atoms with E-state index in [2.05, 4.69) is 47.6 Å². The van der Waals surface area contributed by atoms with E-state index in [1.165, 1.54) is 44.1 Å². The Kier molecular flexibility index (Phi) is 5.46. The molecule has 0 aromatic rings. The van der Waals surface area contributed by atoms with E-state index >= 15 is 0 Å². The lowest BCUT2D eigenvalue weighted by Crippen LogP contribution is -2.10. The van der Waals surface area contributed by atoms with Gasteiger partial charge in [0.2, 0.25) is 0 Å². The first-order chi connectivity index (χ1) is 8.33. The van der Waals surface area contributed by atoms with Crippen molar-refractivity contribution in [1.82, 2.24) is 0 Å². The van der Waals surface area contributed by atoms with Crippen LogP contribution in [0.2, 0.25) is 0 Å². The van der Waals surface area contributed by atoms with Crippen LogP contribution in [0.1, 0.15) is 80.1 Å². The van der Waals surface area contributed by atoms with Crippen LogP contribution in [0.3, 0.4) is 0 Å². The van der Waals surface area contributed by atoms with E-state index in [4.69, 9.17) is 4.74 Å². The molecule has 0 aromatic heterocycles. The van der Waals surface area contributed by atoms with Crippen LogP contribution < -0.4 is 0 Å². The highest BCUT2D eigenvalue weighted by Crippen LogP contribution is 2.43. The molecule has 1 nitrogen and oxygen atoms in total. The topological polar surface area (TPSA) is 12.5 Å². The molecule has 1 aliphatic rings. The Morgan fingerprint density at radius 3 is 2.56 bits per heavy atom. The van der Waals surface area contributed by atoms with Crippen molar-refractivity contribution in [1.29, 1.82) is 0 Å². The van der Waals surface area contributed by atoms with Gasteiger partial charge in [0.1, 0.15) is 0 Å². The Bertz CT molecular complexity index is 290. The van der Waals surface area contributed by atoms with Gasteiger partial charge in [0.15, 0.2) is 0 Å². The number of rotatable bonds is 8. The summed E-state index contributed by atoms with van der Waals surface area (Å²) in [5.74, 6) is 0. The highest BCUT2D eigenvalue weighted by Gasteiger charge is 2.50. The van der Waals surface area contributed by atoms with Crippen LogP contribution in [0, 0.1) is 5.41 Å². The lowest BCUT2D eigenvalue weighted by Gasteiger charge is -2.22. The van der Waals surface area contributed by atoms with E-state index in [0.29, 0.717) is 11.5 Å². The Hall–Kier alpha value is -0.300. The summed E-state index contributed by atoms with van der Waals surface area (Å²) in [5, 5.41) is 0. The SMILES string of the molecule is CCCC1OC1(C)CC/C=C(\C)CC(C)(C)CC. The summed E-state index contributed by atoms with van der Waals surface area (Å²) in [6, 6.07) is 0. The average molecular weight is 252 g/mol. The standard InChI is InChI=1S/C17H32O/c1-7-10-15-17(6,18-15)12-9-11-14(3)13-16(4,5)8-2/h11,15H,7-10,12-13H2,1-6H3/b14-11+. The smallest absolute Gasteiger partial charge is 0.0923 e. The van der Waals surface area contributed by atoms with E-state index in [-0.39, 0.29) is 5.60 Å². The maximum Gasteiger partial charge on any atom is 0.0923 e. The van der Waals surface area contributed by atoms with E-state index in [1.54, 1.807) is 0 Å². The molecular weight excluding hydrogens is 220 g/mol. The molecule has 0 N–H and O–H groups in total. The molecule has 1 aliphatic heterocycles. The molecule has 0 saturated carbocycles. The molecule has 0 aromatic carbocycles. The monoisotopic (exact) mass is 252 g/mol. The minimum absolute atomic E-state index is 0.188. The zero-order valence-corrected chi connectivity index (χ0v) is 13.3. The fraction of sp³-hybridized carbons (Fsp3) is 0.882. The molecule has 0 bridgehead atoms. The first-order valence-electron chi connectivity index (χ1n) is 7.66. The summed E-state index contributed by atoms with van der Waals surface area (Å²) >= 11 is 0. The van der Waals surface area contributed by atoms with E-state index < -0.39 is 0 Å². The molecule has 106 valence electrons. The minimum atomic E-state index is 0.188. The number of hydrogen-bond donors (Lipinski definition) is 0. The highest BCUT2D eigenvalue weighted by molar-refractivity contribution is 5.05. The van der Waals surface area contributed by atoms with E-state index in [0.717, 1.165) is 0 Å². The highest BCUT2D eigenvalue weighted by atomic mass is 16.6. The van der Waals surface area contributed by atoms with Gasteiger partial charge >= 0.3 is 0 Å². The zero-order valence-electron chi connectivity index (χ0n) is 13.3. The molecule has 0 aliphatic carbocycles. The lowest BCUT2D eigenvalue weighted by atomic mass is 9.83. The van der Waals surface area contributed by atoms with E-state index in [1.807, 2.05) is 0 Å². The van der Waals surface area contributed by atoms with Crippen molar-refractivity contribution in [3.05, 3.63) is 11.6 Å². The molecule has 0 radical (unpaired) electrons. The van der Waals surface area contributed by atoms with Crippen LogP contribution in [-0.4, -0.2) is 11.7 Å². The molecule has 1 rings (SSSR count). The van der Waals surface area contributed by atoms with Gasteiger partial charge in [-0.05, 0) is 44.9 Å². The first-order valence-corrected chi connectivity index (χ1v) is 7.66. The molecule has 18 heavy (non-hydrogen) atoms. The molecule has 2 unspecified atom stereocenters. The van der Waals surface area contributed by atoms with Crippen LogP contribution in [0.5, 0.6) is 0 Å². The number of allylic oxidation sites excluding steroid dienone is 2. The predicted octanol–water partition coefficient (Wildman–Crippen LogP) is 5.50. The summed E-state index contributed by atoms with van der Waals surface area (Å²) < 4.78 is 5.82.